The van der Waals surface area contributed by atoms with Crippen LogP contribution in [0.2, 0.25) is 5.15 Å². The molecule has 0 fully saturated rings. The van der Waals surface area contributed by atoms with E-state index in [0.29, 0.717) is 16.5 Å². The lowest BCUT2D eigenvalue weighted by Gasteiger charge is -2.02. The molecule has 2 heterocycles. The Morgan fingerprint density at radius 2 is 1.82 bits per heavy atom. The number of para-hydroxylation sites is 1. The van der Waals surface area contributed by atoms with E-state index in [2.05, 4.69) is 4.98 Å². The van der Waals surface area contributed by atoms with Crippen molar-refractivity contribution >= 4 is 17.1 Å². The van der Waals surface area contributed by atoms with E-state index in [0.717, 1.165) is 5.52 Å². The van der Waals surface area contributed by atoms with Crippen molar-refractivity contribution in [3.05, 3.63) is 53.8 Å². The van der Waals surface area contributed by atoms with E-state index >= 15 is 0 Å². The summed E-state index contributed by atoms with van der Waals surface area (Å²) in [6, 6.07) is 12.8. The second kappa shape index (κ2) is 3.79. The first kappa shape index (κ1) is 10.2. The lowest BCUT2D eigenvalue weighted by Crippen LogP contribution is -1.88. The summed E-state index contributed by atoms with van der Waals surface area (Å²) < 4.78 is 1.86. The molecule has 0 spiro atoms. The van der Waals surface area contributed by atoms with E-state index in [9.17, 15) is 5.11 Å². The summed E-state index contributed by atoms with van der Waals surface area (Å²) in [5.41, 5.74) is 1.49. The summed E-state index contributed by atoms with van der Waals surface area (Å²) >= 11 is 6.07. The van der Waals surface area contributed by atoms with Crippen LogP contribution in [0.3, 0.4) is 0 Å². The van der Waals surface area contributed by atoms with Crippen molar-refractivity contribution < 1.29 is 5.11 Å². The van der Waals surface area contributed by atoms with Crippen molar-refractivity contribution in [2.24, 2.45) is 0 Å². The van der Waals surface area contributed by atoms with Crippen molar-refractivity contribution in [2.75, 3.05) is 0 Å². The van der Waals surface area contributed by atoms with Gasteiger partial charge < -0.3 is 5.11 Å². The van der Waals surface area contributed by atoms with Crippen LogP contribution in [-0.4, -0.2) is 14.5 Å². The molecule has 0 aliphatic carbocycles. The van der Waals surface area contributed by atoms with Crippen LogP contribution in [0, 0.1) is 0 Å². The number of phenols is 1. The number of hydrogen-bond donors (Lipinski definition) is 1. The van der Waals surface area contributed by atoms with E-state index < -0.39 is 0 Å². The number of hydrogen-bond acceptors (Lipinski definition) is 2. The zero-order valence-corrected chi connectivity index (χ0v) is 9.59. The number of halogens is 1. The standard InChI is InChI=1S/C13H9ClN2O/c14-12-10-6-3-4-8-16(10)13(15-12)9-5-1-2-7-11(9)17/h1-8,17H. The number of phenolic OH excluding ortho intramolecular Hbond substituents is 1. The maximum Gasteiger partial charge on any atom is 0.155 e. The van der Waals surface area contributed by atoms with Crippen LogP contribution in [0.15, 0.2) is 48.7 Å². The quantitative estimate of drug-likeness (QED) is 0.713. The van der Waals surface area contributed by atoms with Crippen LogP contribution in [0.25, 0.3) is 16.9 Å². The highest BCUT2D eigenvalue weighted by atomic mass is 35.5. The van der Waals surface area contributed by atoms with Crippen molar-refractivity contribution in [2.45, 2.75) is 0 Å². The lowest BCUT2D eigenvalue weighted by molar-refractivity contribution is 0.477. The molecule has 0 aliphatic rings. The number of nitrogens with zero attached hydrogens (tertiary/aromatic N) is 2. The van der Waals surface area contributed by atoms with Gasteiger partial charge in [-0.05, 0) is 24.3 Å². The molecule has 0 bridgehead atoms. The Kier molecular flexibility index (Phi) is 2.27. The van der Waals surface area contributed by atoms with Gasteiger partial charge in [-0.2, -0.15) is 0 Å². The number of rotatable bonds is 1. The van der Waals surface area contributed by atoms with Gasteiger partial charge in [-0.1, -0.05) is 29.8 Å². The van der Waals surface area contributed by atoms with Gasteiger partial charge in [-0.3, -0.25) is 4.40 Å². The zero-order valence-electron chi connectivity index (χ0n) is 8.84. The summed E-state index contributed by atoms with van der Waals surface area (Å²) in [6.45, 7) is 0. The van der Waals surface area contributed by atoms with Gasteiger partial charge in [0.15, 0.2) is 5.15 Å². The van der Waals surface area contributed by atoms with E-state index in [1.54, 1.807) is 12.1 Å². The highest BCUT2D eigenvalue weighted by molar-refractivity contribution is 6.32. The van der Waals surface area contributed by atoms with Gasteiger partial charge in [0.25, 0.3) is 0 Å². The van der Waals surface area contributed by atoms with Crippen LogP contribution >= 0.6 is 11.6 Å². The number of benzene rings is 1. The summed E-state index contributed by atoms with van der Waals surface area (Å²) in [4.78, 5) is 4.29. The number of pyridine rings is 1. The van der Waals surface area contributed by atoms with Crippen LogP contribution in [0.4, 0.5) is 0 Å². The molecule has 0 radical (unpaired) electrons. The monoisotopic (exact) mass is 244 g/mol. The summed E-state index contributed by atoms with van der Waals surface area (Å²) in [6.07, 6.45) is 1.87. The van der Waals surface area contributed by atoms with Crippen molar-refractivity contribution in [3.63, 3.8) is 0 Å². The molecular formula is C13H9ClN2O. The number of aromatic hydroxyl groups is 1. The molecule has 84 valence electrons. The Hall–Kier alpha value is -2.00. The number of fused-ring (bicyclic) bond motifs is 1. The Bertz CT molecular complexity index is 691. The SMILES string of the molecule is Oc1ccccc1-c1nc(Cl)c2ccccn12. The third-order valence-corrected chi connectivity index (χ3v) is 2.93. The van der Waals surface area contributed by atoms with Gasteiger partial charge in [-0.15, -0.1) is 0 Å². The average Bonchev–Trinajstić information content (AvgIpc) is 2.68. The minimum Gasteiger partial charge on any atom is -0.507 e. The Balaban J connectivity index is 2.35. The molecule has 0 aliphatic heterocycles. The van der Waals surface area contributed by atoms with Crippen LogP contribution in [0.1, 0.15) is 0 Å². The lowest BCUT2D eigenvalue weighted by atomic mass is 10.2. The van der Waals surface area contributed by atoms with E-state index in [1.165, 1.54) is 0 Å². The summed E-state index contributed by atoms with van der Waals surface area (Å²) in [5, 5.41) is 10.3. The molecule has 3 rings (SSSR count). The number of aromatic nitrogens is 2. The first-order valence-electron chi connectivity index (χ1n) is 5.18. The summed E-state index contributed by atoms with van der Waals surface area (Å²) in [5.74, 6) is 0.837. The van der Waals surface area contributed by atoms with Gasteiger partial charge >= 0.3 is 0 Å². The average molecular weight is 245 g/mol. The fraction of sp³-hybridized carbons (Fsp3) is 0. The molecule has 0 saturated carbocycles. The fourth-order valence-corrected chi connectivity index (χ4v) is 2.09. The van der Waals surface area contributed by atoms with Crippen molar-refractivity contribution in [1.82, 2.24) is 9.38 Å². The second-order valence-corrected chi connectivity index (χ2v) is 4.06. The van der Waals surface area contributed by atoms with Gasteiger partial charge in [0.05, 0.1) is 11.1 Å². The molecule has 0 atom stereocenters. The van der Waals surface area contributed by atoms with Crippen molar-refractivity contribution in [1.29, 1.82) is 0 Å². The Morgan fingerprint density at radius 3 is 2.65 bits per heavy atom. The van der Waals surface area contributed by atoms with Gasteiger partial charge in [0, 0.05) is 6.20 Å². The molecule has 1 aromatic carbocycles. The molecule has 0 saturated heterocycles. The van der Waals surface area contributed by atoms with Crippen LogP contribution in [0.5, 0.6) is 5.75 Å². The molecule has 4 heteroatoms. The first-order chi connectivity index (χ1) is 8.27. The van der Waals surface area contributed by atoms with E-state index in [1.807, 2.05) is 40.9 Å². The molecule has 2 aromatic heterocycles. The van der Waals surface area contributed by atoms with E-state index in [4.69, 9.17) is 11.6 Å². The molecule has 1 N–H and O–H groups in total. The highest BCUT2D eigenvalue weighted by Gasteiger charge is 2.12. The topological polar surface area (TPSA) is 37.5 Å². The molecule has 3 aromatic rings. The predicted octanol–water partition coefficient (Wildman–Crippen LogP) is 3.36. The van der Waals surface area contributed by atoms with Crippen molar-refractivity contribution in [3.8, 4) is 17.1 Å². The maximum absolute atomic E-state index is 9.84. The van der Waals surface area contributed by atoms with Gasteiger partial charge in [0.1, 0.15) is 11.6 Å². The normalized spacial score (nSPS) is 10.9. The minimum atomic E-state index is 0.194. The van der Waals surface area contributed by atoms with Crippen LogP contribution < -0.4 is 0 Å². The molecule has 17 heavy (non-hydrogen) atoms. The van der Waals surface area contributed by atoms with Crippen LogP contribution in [-0.2, 0) is 0 Å². The second-order valence-electron chi connectivity index (χ2n) is 3.70. The predicted molar refractivity (Wildman–Crippen MR) is 67.3 cm³/mol. The third-order valence-electron chi connectivity index (χ3n) is 2.65. The maximum atomic E-state index is 9.84. The third kappa shape index (κ3) is 1.56. The fourth-order valence-electron chi connectivity index (χ4n) is 1.85. The first-order valence-corrected chi connectivity index (χ1v) is 5.56. The largest absolute Gasteiger partial charge is 0.507 e. The van der Waals surface area contributed by atoms with Gasteiger partial charge in [-0.25, -0.2) is 4.98 Å². The Morgan fingerprint density at radius 1 is 1.06 bits per heavy atom. The zero-order chi connectivity index (χ0) is 11.8. The number of imidazole rings is 1. The van der Waals surface area contributed by atoms with Gasteiger partial charge in [0.2, 0.25) is 0 Å². The minimum absolute atomic E-state index is 0.194. The van der Waals surface area contributed by atoms with E-state index in [-0.39, 0.29) is 5.75 Å². The summed E-state index contributed by atoms with van der Waals surface area (Å²) in [7, 11) is 0. The molecule has 0 amide bonds. The molecule has 3 nitrogen and oxygen atoms in total. The Labute approximate surface area is 103 Å². The molecule has 0 unspecified atom stereocenters. The smallest absolute Gasteiger partial charge is 0.155 e. The highest BCUT2D eigenvalue weighted by Crippen LogP contribution is 2.30. The molecular weight excluding hydrogens is 236 g/mol.